The second-order valence-corrected chi connectivity index (χ2v) is 6.32. The Bertz CT molecular complexity index is 611. The molecule has 7 nitrogen and oxygen atoms in total. The summed E-state index contributed by atoms with van der Waals surface area (Å²) in [5.41, 5.74) is 0.00555. The van der Waals surface area contributed by atoms with Crippen molar-refractivity contribution in [2.45, 2.75) is 26.4 Å². The van der Waals surface area contributed by atoms with Crippen LogP contribution in [-0.4, -0.2) is 54.9 Å². The molecule has 1 aromatic heterocycles. The first-order valence-electron chi connectivity index (χ1n) is 7.51. The highest BCUT2D eigenvalue weighted by molar-refractivity contribution is 5.68. The third-order valence-electron chi connectivity index (χ3n) is 3.38. The van der Waals surface area contributed by atoms with Crippen LogP contribution >= 0.6 is 0 Å². The number of piperazine rings is 1. The van der Waals surface area contributed by atoms with Crippen molar-refractivity contribution in [2.24, 2.45) is 0 Å². The number of rotatable bonds is 2. The van der Waals surface area contributed by atoms with Crippen molar-refractivity contribution < 1.29 is 14.3 Å². The molecule has 2 heterocycles. The Balaban J connectivity index is 2.02. The Hall–Kier alpha value is -2.49. The van der Waals surface area contributed by atoms with Gasteiger partial charge in [0.05, 0.1) is 18.7 Å². The predicted molar refractivity (Wildman–Crippen MR) is 85.5 cm³/mol. The highest BCUT2D eigenvalue weighted by atomic mass is 16.6. The molecule has 0 unspecified atom stereocenters. The predicted octanol–water partition coefficient (Wildman–Crippen LogP) is 2.02. The molecule has 1 aliphatic rings. The highest BCUT2D eigenvalue weighted by Gasteiger charge is 2.26. The zero-order valence-corrected chi connectivity index (χ0v) is 14.0. The van der Waals surface area contributed by atoms with E-state index in [1.807, 2.05) is 25.7 Å². The number of hydrogen-bond donors (Lipinski definition) is 0. The maximum atomic E-state index is 12.1. The smallest absolute Gasteiger partial charge is 0.410 e. The number of carbonyl (C=O) groups is 1. The fraction of sp³-hybridized carbons (Fsp3) is 0.562. The van der Waals surface area contributed by atoms with Gasteiger partial charge in [-0.05, 0) is 26.8 Å². The lowest BCUT2D eigenvalue weighted by Gasteiger charge is -2.36. The largest absolute Gasteiger partial charge is 0.481 e. The molecule has 1 aromatic rings. The van der Waals surface area contributed by atoms with Gasteiger partial charge in [0.25, 0.3) is 0 Å². The number of hydrogen-bond acceptors (Lipinski definition) is 6. The van der Waals surface area contributed by atoms with E-state index in [-0.39, 0.29) is 6.09 Å². The van der Waals surface area contributed by atoms with Crippen LogP contribution in [0.25, 0.3) is 0 Å². The van der Waals surface area contributed by atoms with E-state index in [1.54, 1.807) is 17.0 Å². The Morgan fingerprint density at radius 2 is 1.91 bits per heavy atom. The molecule has 23 heavy (non-hydrogen) atoms. The Labute approximate surface area is 136 Å². The maximum Gasteiger partial charge on any atom is 0.410 e. The zero-order valence-electron chi connectivity index (χ0n) is 14.0. The SMILES string of the molecule is COc1cc(C#N)cc(N2CCN(C(=O)OC(C)(C)C)CC2)n1. The molecule has 1 aliphatic heterocycles. The average molecular weight is 318 g/mol. The minimum absolute atomic E-state index is 0.298. The number of nitrogens with zero attached hydrogens (tertiary/aromatic N) is 4. The van der Waals surface area contributed by atoms with Crippen LogP contribution in [0.2, 0.25) is 0 Å². The van der Waals surface area contributed by atoms with Crippen LogP contribution in [0.15, 0.2) is 12.1 Å². The summed E-state index contributed by atoms with van der Waals surface area (Å²) in [5.74, 6) is 1.10. The van der Waals surface area contributed by atoms with Gasteiger partial charge in [0.2, 0.25) is 5.88 Å². The second-order valence-electron chi connectivity index (χ2n) is 6.32. The monoisotopic (exact) mass is 318 g/mol. The first kappa shape index (κ1) is 16.9. The van der Waals surface area contributed by atoms with E-state index < -0.39 is 5.60 Å². The molecule has 0 atom stereocenters. The number of methoxy groups -OCH3 is 1. The van der Waals surface area contributed by atoms with Crippen molar-refractivity contribution in [1.82, 2.24) is 9.88 Å². The zero-order chi connectivity index (χ0) is 17.0. The summed E-state index contributed by atoms with van der Waals surface area (Å²) in [6.07, 6.45) is -0.298. The third kappa shape index (κ3) is 4.49. The van der Waals surface area contributed by atoms with Gasteiger partial charge in [-0.25, -0.2) is 4.79 Å². The summed E-state index contributed by atoms with van der Waals surface area (Å²) in [4.78, 5) is 20.2. The lowest BCUT2D eigenvalue weighted by molar-refractivity contribution is 0.0240. The van der Waals surface area contributed by atoms with Crippen molar-refractivity contribution in [3.63, 3.8) is 0 Å². The fourth-order valence-corrected chi connectivity index (χ4v) is 2.27. The lowest BCUT2D eigenvalue weighted by Crippen LogP contribution is -2.50. The molecule has 1 amide bonds. The van der Waals surface area contributed by atoms with Gasteiger partial charge in [-0.3, -0.25) is 0 Å². The molecule has 0 saturated carbocycles. The Morgan fingerprint density at radius 3 is 2.43 bits per heavy atom. The topological polar surface area (TPSA) is 78.7 Å². The number of carbonyl (C=O) groups excluding carboxylic acids is 1. The van der Waals surface area contributed by atoms with E-state index in [2.05, 4.69) is 11.1 Å². The summed E-state index contributed by atoms with van der Waals surface area (Å²) in [6.45, 7) is 7.92. The van der Waals surface area contributed by atoms with Crippen LogP contribution < -0.4 is 9.64 Å². The van der Waals surface area contributed by atoms with E-state index in [0.717, 1.165) is 0 Å². The molecule has 0 bridgehead atoms. The Morgan fingerprint density at radius 1 is 1.26 bits per heavy atom. The molecule has 0 spiro atoms. The first-order valence-corrected chi connectivity index (χ1v) is 7.51. The molecule has 0 aromatic carbocycles. The van der Waals surface area contributed by atoms with E-state index in [1.165, 1.54) is 7.11 Å². The number of anilines is 1. The van der Waals surface area contributed by atoms with Crippen LogP contribution in [0.1, 0.15) is 26.3 Å². The number of aromatic nitrogens is 1. The highest BCUT2D eigenvalue weighted by Crippen LogP contribution is 2.21. The first-order chi connectivity index (χ1) is 10.8. The van der Waals surface area contributed by atoms with Gasteiger partial charge >= 0.3 is 6.09 Å². The molecule has 0 aliphatic carbocycles. The molecule has 1 saturated heterocycles. The van der Waals surface area contributed by atoms with E-state index in [4.69, 9.17) is 14.7 Å². The van der Waals surface area contributed by atoms with Crippen LogP contribution in [0.4, 0.5) is 10.6 Å². The summed E-state index contributed by atoms with van der Waals surface area (Å²) in [5, 5.41) is 9.08. The summed E-state index contributed by atoms with van der Waals surface area (Å²) in [7, 11) is 1.52. The van der Waals surface area contributed by atoms with E-state index in [0.29, 0.717) is 43.4 Å². The van der Waals surface area contributed by atoms with Crippen molar-refractivity contribution in [3.05, 3.63) is 17.7 Å². The molecule has 124 valence electrons. The molecule has 2 rings (SSSR count). The number of amides is 1. The maximum absolute atomic E-state index is 12.1. The fourth-order valence-electron chi connectivity index (χ4n) is 2.27. The standard InChI is InChI=1S/C16H22N4O3/c1-16(2,3)23-15(21)20-7-5-19(6-8-20)13-9-12(11-17)10-14(18-13)22-4/h9-10H,5-8H2,1-4H3. The molecular formula is C16H22N4O3. The van der Waals surface area contributed by atoms with Crippen LogP contribution in [0, 0.1) is 11.3 Å². The van der Waals surface area contributed by atoms with Gasteiger partial charge in [0.15, 0.2) is 0 Å². The van der Waals surface area contributed by atoms with Gasteiger partial charge in [0.1, 0.15) is 11.4 Å². The van der Waals surface area contributed by atoms with Gasteiger partial charge in [-0.2, -0.15) is 10.2 Å². The van der Waals surface area contributed by atoms with Gasteiger partial charge in [-0.1, -0.05) is 0 Å². The Kier molecular flexibility index (Phi) is 4.94. The number of pyridine rings is 1. The number of ether oxygens (including phenoxy) is 2. The quantitative estimate of drug-likeness (QED) is 0.830. The second kappa shape index (κ2) is 6.73. The normalized spacial score (nSPS) is 15.1. The molecular weight excluding hydrogens is 296 g/mol. The van der Waals surface area contributed by atoms with Crippen molar-refractivity contribution in [2.75, 3.05) is 38.2 Å². The van der Waals surface area contributed by atoms with Crippen LogP contribution in [0.3, 0.4) is 0 Å². The third-order valence-corrected chi connectivity index (χ3v) is 3.38. The van der Waals surface area contributed by atoms with Crippen molar-refractivity contribution >= 4 is 11.9 Å². The molecule has 0 N–H and O–H groups in total. The van der Waals surface area contributed by atoms with E-state index in [9.17, 15) is 4.79 Å². The minimum Gasteiger partial charge on any atom is -0.481 e. The van der Waals surface area contributed by atoms with Crippen LogP contribution in [-0.2, 0) is 4.74 Å². The average Bonchev–Trinajstić information content (AvgIpc) is 2.52. The van der Waals surface area contributed by atoms with E-state index >= 15 is 0 Å². The van der Waals surface area contributed by atoms with Gasteiger partial charge in [0, 0.05) is 32.2 Å². The lowest BCUT2D eigenvalue weighted by atomic mass is 10.2. The molecule has 7 heteroatoms. The summed E-state index contributed by atoms with van der Waals surface area (Å²) < 4.78 is 10.5. The molecule has 1 fully saturated rings. The summed E-state index contributed by atoms with van der Waals surface area (Å²) >= 11 is 0. The van der Waals surface area contributed by atoms with Gasteiger partial charge in [-0.15, -0.1) is 0 Å². The minimum atomic E-state index is -0.496. The van der Waals surface area contributed by atoms with Crippen LogP contribution in [0.5, 0.6) is 5.88 Å². The molecule has 0 radical (unpaired) electrons. The van der Waals surface area contributed by atoms with Crippen molar-refractivity contribution in [3.8, 4) is 11.9 Å². The summed E-state index contributed by atoms with van der Waals surface area (Å²) in [6, 6.07) is 5.43. The number of nitriles is 1. The van der Waals surface area contributed by atoms with Gasteiger partial charge < -0.3 is 19.3 Å². The van der Waals surface area contributed by atoms with Crippen molar-refractivity contribution in [1.29, 1.82) is 5.26 Å².